The Bertz CT molecular complexity index is 858. The highest BCUT2D eigenvalue weighted by Gasteiger charge is 2.18. The van der Waals surface area contributed by atoms with Crippen molar-refractivity contribution in [2.75, 3.05) is 25.0 Å². The number of amides is 1. The highest BCUT2D eigenvalue weighted by Crippen LogP contribution is 2.17. The first-order valence-corrected chi connectivity index (χ1v) is 9.45. The van der Waals surface area contributed by atoms with E-state index < -0.39 is 4.92 Å². The van der Waals surface area contributed by atoms with Gasteiger partial charge < -0.3 is 10.2 Å². The van der Waals surface area contributed by atoms with Crippen LogP contribution in [0.15, 0.2) is 48.5 Å². The average Bonchev–Trinajstić information content (AvgIpc) is 2.74. The molecule has 0 saturated carbocycles. The zero-order valence-corrected chi connectivity index (χ0v) is 15.6. The number of carbonyl (C=O) groups excluding carboxylic acids is 2. The molecule has 1 heterocycles. The van der Waals surface area contributed by atoms with Crippen LogP contribution in [0.2, 0.25) is 0 Å². The van der Waals surface area contributed by atoms with Crippen LogP contribution in [0.25, 0.3) is 0 Å². The number of Topliss-reactive ketones (excluding diaryl/α,β-unsaturated/α-hetero) is 1. The number of anilines is 1. The number of hydrogen-bond acceptors (Lipinski definition) is 5. The number of nitro groups is 1. The minimum atomic E-state index is -0.512. The van der Waals surface area contributed by atoms with Gasteiger partial charge in [-0.3, -0.25) is 19.7 Å². The van der Waals surface area contributed by atoms with E-state index in [1.807, 2.05) is 17.0 Å². The van der Waals surface area contributed by atoms with E-state index in [9.17, 15) is 19.7 Å². The molecule has 0 spiro atoms. The molecule has 1 aliphatic rings. The summed E-state index contributed by atoms with van der Waals surface area (Å²) in [6.07, 6.45) is 3.52. The molecule has 2 aromatic rings. The summed E-state index contributed by atoms with van der Waals surface area (Å²) in [5.74, 6) is -0.0970. The van der Waals surface area contributed by atoms with Gasteiger partial charge in [0.25, 0.3) is 11.6 Å². The molecule has 0 aromatic heterocycles. The number of nitro benzene ring substituents is 1. The lowest BCUT2D eigenvalue weighted by atomic mass is 10.1. The summed E-state index contributed by atoms with van der Waals surface area (Å²) in [4.78, 5) is 36.9. The maximum Gasteiger partial charge on any atom is 0.270 e. The maximum absolute atomic E-state index is 12.5. The van der Waals surface area contributed by atoms with Gasteiger partial charge in [0.2, 0.25) is 0 Å². The zero-order valence-electron chi connectivity index (χ0n) is 15.6. The molecule has 1 N–H and O–H groups in total. The molecule has 0 atom stereocenters. The Morgan fingerprint density at radius 1 is 1.00 bits per heavy atom. The molecule has 0 aliphatic carbocycles. The molecule has 7 heteroatoms. The zero-order chi connectivity index (χ0) is 19.9. The SMILES string of the molecule is O=C(CCNc1ccc(C(=O)N2CCCCC2)cc1)c1cccc([N+](=O)[O-])c1. The van der Waals surface area contributed by atoms with Crippen LogP contribution in [0.3, 0.4) is 0 Å². The van der Waals surface area contributed by atoms with E-state index >= 15 is 0 Å². The van der Waals surface area contributed by atoms with Crippen molar-refractivity contribution in [2.24, 2.45) is 0 Å². The number of hydrogen-bond donors (Lipinski definition) is 1. The van der Waals surface area contributed by atoms with Gasteiger partial charge in [-0.05, 0) is 43.5 Å². The average molecular weight is 381 g/mol. The molecule has 7 nitrogen and oxygen atoms in total. The molecule has 3 rings (SSSR count). The van der Waals surface area contributed by atoms with Crippen LogP contribution in [-0.4, -0.2) is 41.1 Å². The van der Waals surface area contributed by atoms with Crippen molar-refractivity contribution in [3.05, 3.63) is 69.8 Å². The number of likely N-dealkylation sites (tertiary alicyclic amines) is 1. The first kappa shape index (κ1) is 19.5. The van der Waals surface area contributed by atoms with Crippen molar-refractivity contribution in [3.63, 3.8) is 0 Å². The van der Waals surface area contributed by atoms with Gasteiger partial charge in [-0.1, -0.05) is 12.1 Å². The molecular weight excluding hydrogens is 358 g/mol. The number of piperidine rings is 1. The third-order valence-corrected chi connectivity index (χ3v) is 4.84. The van der Waals surface area contributed by atoms with Gasteiger partial charge in [0, 0.05) is 55.0 Å². The molecule has 2 aromatic carbocycles. The molecule has 1 saturated heterocycles. The third kappa shape index (κ3) is 4.94. The number of carbonyl (C=O) groups is 2. The van der Waals surface area contributed by atoms with Crippen LogP contribution in [0, 0.1) is 10.1 Å². The predicted molar refractivity (Wildman–Crippen MR) is 107 cm³/mol. The fourth-order valence-corrected chi connectivity index (χ4v) is 3.27. The van der Waals surface area contributed by atoms with E-state index in [1.54, 1.807) is 18.2 Å². The topological polar surface area (TPSA) is 92.6 Å². The van der Waals surface area contributed by atoms with E-state index in [1.165, 1.54) is 24.6 Å². The Morgan fingerprint density at radius 2 is 1.71 bits per heavy atom. The Morgan fingerprint density at radius 3 is 2.39 bits per heavy atom. The second-order valence-corrected chi connectivity index (χ2v) is 6.84. The van der Waals surface area contributed by atoms with Crippen LogP contribution < -0.4 is 5.32 Å². The Labute approximate surface area is 163 Å². The molecule has 0 unspecified atom stereocenters. The molecule has 1 amide bonds. The van der Waals surface area contributed by atoms with E-state index in [2.05, 4.69) is 5.32 Å². The van der Waals surface area contributed by atoms with Crippen LogP contribution >= 0.6 is 0 Å². The van der Waals surface area contributed by atoms with Crippen LogP contribution in [-0.2, 0) is 0 Å². The van der Waals surface area contributed by atoms with Crippen molar-refractivity contribution in [3.8, 4) is 0 Å². The van der Waals surface area contributed by atoms with Crippen LogP contribution in [0.1, 0.15) is 46.4 Å². The summed E-state index contributed by atoms with van der Waals surface area (Å²) < 4.78 is 0. The number of non-ortho nitro benzene ring substituents is 1. The van der Waals surface area contributed by atoms with E-state index in [0.29, 0.717) is 17.7 Å². The molecule has 28 heavy (non-hydrogen) atoms. The fraction of sp³-hybridized carbons (Fsp3) is 0.333. The largest absolute Gasteiger partial charge is 0.385 e. The van der Waals surface area contributed by atoms with Gasteiger partial charge in [0.15, 0.2) is 5.78 Å². The third-order valence-electron chi connectivity index (χ3n) is 4.84. The monoisotopic (exact) mass is 381 g/mol. The molecular formula is C21H23N3O4. The first-order valence-electron chi connectivity index (χ1n) is 9.45. The highest BCUT2D eigenvalue weighted by atomic mass is 16.6. The summed E-state index contributed by atoms with van der Waals surface area (Å²) in [7, 11) is 0. The lowest BCUT2D eigenvalue weighted by molar-refractivity contribution is -0.384. The lowest BCUT2D eigenvalue weighted by Crippen LogP contribution is -2.35. The maximum atomic E-state index is 12.5. The second-order valence-electron chi connectivity index (χ2n) is 6.84. The summed E-state index contributed by atoms with van der Waals surface area (Å²) in [6.45, 7) is 2.04. The van der Waals surface area contributed by atoms with Crippen LogP contribution in [0.4, 0.5) is 11.4 Å². The summed E-state index contributed by atoms with van der Waals surface area (Å²) in [6, 6.07) is 13.0. The summed E-state index contributed by atoms with van der Waals surface area (Å²) in [5, 5.41) is 14.0. The predicted octanol–water partition coefficient (Wildman–Crippen LogP) is 3.91. The van der Waals surface area contributed by atoms with Crippen molar-refractivity contribution in [1.29, 1.82) is 0 Å². The van der Waals surface area contributed by atoms with Crippen molar-refractivity contribution in [1.82, 2.24) is 4.90 Å². The van der Waals surface area contributed by atoms with Gasteiger partial charge >= 0.3 is 0 Å². The normalized spacial score (nSPS) is 13.8. The Balaban J connectivity index is 1.51. The molecule has 1 aliphatic heterocycles. The van der Waals surface area contributed by atoms with Crippen molar-refractivity contribution < 1.29 is 14.5 Å². The summed E-state index contributed by atoms with van der Waals surface area (Å²) >= 11 is 0. The number of nitrogens with zero attached hydrogens (tertiary/aromatic N) is 2. The fourth-order valence-electron chi connectivity index (χ4n) is 3.27. The van der Waals surface area contributed by atoms with Gasteiger partial charge in [0.1, 0.15) is 0 Å². The number of ketones is 1. The van der Waals surface area contributed by atoms with Crippen molar-refractivity contribution in [2.45, 2.75) is 25.7 Å². The number of rotatable bonds is 7. The molecule has 0 bridgehead atoms. The minimum absolute atomic E-state index is 0.0621. The van der Waals surface area contributed by atoms with E-state index in [0.717, 1.165) is 31.6 Å². The van der Waals surface area contributed by atoms with Gasteiger partial charge in [-0.25, -0.2) is 0 Å². The van der Waals surface area contributed by atoms with Crippen LogP contribution in [0.5, 0.6) is 0 Å². The van der Waals surface area contributed by atoms with Gasteiger partial charge in [-0.2, -0.15) is 0 Å². The first-order chi connectivity index (χ1) is 13.5. The molecule has 146 valence electrons. The molecule has 1 fully saturated rings. The molecule has 0 radical (unpaired) electrons. The van der Waals surface area contributed by atoms with E-state index in [4.69, 9.17) is 0 Å². The highest BCUT2D eigenvalue weighted by molar-refractivity contribution is 5.97. The van der Waals surface area contributed by atoms with Gasteiger partial charge in [0.05, 0.1) is 4.92 Å². The van der Waals surface area contributed by atoms with E-state index in [-0.39, 0.29) is 23.8 Å². The minimum Gasteiger partial charge on any atom is -0.385 e. The smallest absolute Gasteiger partial charge is 0.270 e. The quantitative estimate of drug-likeness (QED) is 0.446. The Kier molecular flexibility index (Phi) is 6.37. The second kappa shape index (κ2) is 9.12. The summed E-state index contributed by atoms with van der Waals surface area (Å²) in [5.41, 5.74) is 1.73. The van der Waals surface area contributed by atoms with Gasteiger partial charge in [-0.15, -0.1) is 0 Å². The lowest BCUT2D eigenvalue weighted by Gasteiger charge is -2.26. The van der Waals surface area contributed by atoms with Crippen molar-refractivity contribution >= 4 is 23.1 Å². The Hall–Kier alpha value is -3.22. The number of benzene rings is 2. The number of nitrogens with one attached hydrogen (secondary N) is 1. The standard InChI is InChI=1S/C21H23N3O4/c25-20(17-5-4-6-19(15-17)24(27)28)11-12-22-18-9-7-16(8-10-18)21(26)23-13-2-1-3-14-23/h4-10,15,22H,1-3,11-14H2.